The van der Waals surface area contributed by atoms with Crippen LogP contribution in [0.4, 0.5) is 0 Å². The fraction of sp³-hybridized carbons (Fsp3) is 1.00. The molecule has 2 unspecified atom stereocenters. The van der Waals surface area contributed by atoms with E-state index in [-0.39, 0.29) is 0 Å². The van der Waals surface area contributed by atoms with Crippen LogP contribution in [0.2, 0.25) is 0 Å². The maximum absolute atomic E-state index is 5.15. The van der Waals surface area contributed by atoms with Gasteiger partial charge in [-0.25, -0.2) is 0 Å². The lowest BCUT2D eigenvalue weighted by molar-refractivity contribution is 0.0820. The minimum Gasteiger partial charge on any atom is -0.385 e. The molecule has 2 fully saturated rings. The highest BCUT2D eigenvalue weighted by Gasteiger charge is 2.42. The minimum absolute atomic E-state index is 0.486. The smallest absolute Gasteiger partial charge is 0.0474 e. The second kappa shape index (κ2) is 5.48. The third-order valence-corrected chi connectivity index (χ3v) is 4.34. The molecule has 0 aliphatic carbocycles. The van der Waals surface area contributed by atoms with Crippen LogP contribution < -0.4 is 5.32 Å². The molecule has 1 N–H and O–H groups in total. The zero-order valence-electron chi connectivity index (χ0n) is 10.8. The number of methoxy groups -OCH3 is 1. The first-order valence-electron chi connectivity index (χ1n) is 6.74. The second-order valence-electron chi connectivity index (χ2n) is 5.48. The second-order valence-corrected chi connectivity index (χ2v) is 5.48. The van der Waals surface area contributed by atoms with E-state index in [2.05, 4.69) is 17.1 Å². The molecule has 2 aliphatic heterocycles. The zero-order valence-corrected chi connectivity index (χ0v) is 10.8. The number of rotatable bonds is 4. The molecule has 3 nitrogen and oxygen atoms in total. The van der Waals surface area contributed by atoms with E-state index < -0.39 is 0 Å². The normalized spacial score (nSPS) is 36.0. The van der Waals surface area contributed by atoms with E-state index >= 15 is 0 Å². The van der Waals surface area contributed by atoms with Crippen molar-refractivity contribution in [2.24, 2.45) is 0 Å². The van der Waals surface area contributed by atoms with Crippen LogP contribution in [0.15, 0.2) is 0 Å². The molecular weight excluding hydrogens is 200 g/mol. The van der Waals surface area contributed by atoms with Crippen molar-refractivity contribution >= 4 is 0 Å². The van der Waals surface area contributed by atoms with Crippen LogP contribution in [-0.4, -0.2) is 49.8 Å². The Labute approximate surface area is 99.5 Å². The Morgan fingerprint density at radius 2 is 2.31 bits per heavy atom. The van der Waals surface area contributed by atoms with Gasteiger partial charge in [-0.2, -0.15) is 0 Å². The monoisotopic (exact) mass is 226 g/mol. The van der Waals surface area contributed by atoms with Crippen LogP contribution >= 0.6 is 0 Å². The minimum atomic E-state index is 0.486. The van der Waals surface area contributed by atoms with Crippen LogP contribution in [0.1, 0.15) is 39.0 Å². The van der Waals surface area contributed by atoms with Crippen molar-refractivity contribution in [3.8, 4) is 0 Å². The maximum atomic E-state index is 5.15. The van der Waals surface area contributed by atoms with E-state index in [1.165, 1.54) is 51.7 Å². The molecule has 0 amide bonds. The van der Waals surface area contributed by atoms with Gasteiger partial charge in [0.25, 0.3) is 0 Å². The molecule has 0 aromatic carbocycles. The van der Waals surface area contributed by atoms with Crippen LogP contribution in [0.25, 0.3) is 0 Å². The van der Waals surface area contributed by atoms with Gasteiger partial charge >= 0.3 is 0 Å². The highest BCUT2D eigenvalue weighted by atomic mass is 16.5. The van der Waals surface area contributed by atoms with Crippen molar-refractivity contribution in [3.05, 3.63) is 0 Å². The SMILES string of the molecule is COCCCN1CCCC12CCC(C)NC2. The Bertz CT molecular complexity index is 212. The van der Waals surface area contributed by atoms with Crippen LogP contribution in [0, 0.1) is 0 Å². The summed E-state index contributed by atoms with van der Waals surface area (Å²) >= 11 is 0. The fourth-order valence-corrected chi connectivity index (χ4v) is 3.27. The van der Waals surface area contributed by atoms with Gasteiger partial charge in [-0.05, 0) is 45.6 Å². The highest BCUT2D eigenvalue weighted by molar-refractivity contribution is 5.00. The zero-order chi connectivity index (χ0) is 11.4. The van der Waals surface area contributed by atoms with Crippen LogP contribution in [0.5, 0.6) is 0 Å². The summed E-state index contributed by atoms with van der Waals surface area (Å²) in [4.78, 5) is 2.71. The third-order valence-electron chi connectivity index (χ3n) is 4.34. The lowest BCUT2D eigenvalue weighted by atomic mass is 9.85. The fourth-order valence-electron chi connectivity index (χ4n) is 3.27. The van der Waals surface area contributed by atoms with Gasteiger partial charge in [-0.3, -0.25) is 4.90 Å². The summed E-state index contributed by atoms with van der Waals surface area (Å²) in [5.41, 5.74) is 0.486. The first kappa shape index (κ1) is 12.3. The number of likely N-dealkylation sites (tertiary alicyclic amines) is 1. The Kier molecular flexibility index (Phi) is 4.22. The van der Waals surface area contributed by atoms with Gasteiger partial charge in [0.1, 0.15) is 0 Å². The van der Waals surface area contributed by atoms with Gasteiger partial charge < -0.3 is 10.1 Å². The van der Waals surface area contributed by atoms with Crippen molar-refractivity contribution < 1.29 is 4.74 Å². The first-order valence-corrected chi connectivity index (χ1v) is 6.74. The lowest BCUT2D eigenvalue weighted by Gasteiger charge is -2.44. The molecule has 94 valence electrons. The van der Waals surface area contributed by atoms with E-state index in [1.54, 1.807) is 7.11 Å². The third kappa shape index (κ3) is 2.58. The first-order chi connectivity index (χ1) is 7.77. The summed E-state index contributed by atoms with van der Waals surface area (Å²) in [5, 5.41) is 3.66. The van der Waals surface area contributed by atoms with E-state index in [0.717, 1.165) is 6.61 Å². The molecule has 0 saturated carbocycles. The summed E-state index contributed by atoms with van der Waals surface area (Å²) in [5.74, 6) is 0. The molecule has 1 spiro atoms. The summed E-state index contributed by atoms with van der Waals surface area (Å²) < 4.78 is 5.15. The molecule has 0 aromatic rings. The van der Waals surface area contributed by atoms with Gasteiger partial charge in [0.2, 0.25) is 0 Å². The summed E-state index contributed by atoms with van der Waals surface area (Å²) in [6, 6.07) is 0.715. The van der Waals surface area contributed by atoms with Crippen molar-refractivity contribution in [1.82, 2.24) is 10.2 Å². The van der Waals surface area contributed by atoms with Crippen molar-refractivity contribution in [3.63, 3.8) is 0 Å². The molecule has 2 rings (SSSR count). The molecule has 16 heavy (non-hydrogen) atoms. The van der Waals surface area contributed by atoms with Gasteiger partial charge in [0, 0.05) is 38.4 Å². The number of nitrogens with one attached hydrogen (secondary N) is 1. The Balaban J connectivity index is 1.86. The quantitative estimate of drug-likeness (QED) is 0.737. The predicted octanol–water partition coefficient (Wildman–Crippen LogP) is 1.63. The van der Waals surface area contributed by atoms with Gasteiger partial charge in [0.15, 0.2) is 0 Å². The van der Waals surface area contributed by atoms with E-state index in [0.29, 0.717) is 11.6 Å². The van der Waals surface area contributed by atoms with Crippen LogP contribution in [0.3, 0.4) is 0 Å². The number of piperidine rings is 1. The van der Waals surface area contributed by atoms with Crippen molar-refractivity contribution in [2.75, 3.05) is 33.4 Å². The van der Waals surface area contributed by atoms with Gasteiger partial charge in [-0.15, -0.1) is 0 Å². The van der Waals surface area contributed by atoms with Gasteiger partial charge in [-0.1, -0.05) is 0 Å². The molecule has 0 bridgehead atoms. The van der Waals surface area contributed by atoms with Crippen LogP contribution in [-0.2, 0) is 4.74 Å². The molecule has 0 radical (unpaired) electrons. The molecule has 2 atom stereocenters. The van der Waals surface area contributed by atoms with E-state index in [4.69, 9.17) is 4.74 Å². The molecular formula is C13H26N2O. The molecule has 2 aliphatic rings. The number of hydrogen-bond acceptors (Lipinski definition) is 3. The predicted molar refractivity (Wildman–Crippen MR) is 66.7 cm³/mol. The summed E-state index contributed by atoms with van der Waals surface area (Å²) in [6.07, 6.45) is 6.66. The molecule has 2 heterocycles. The average Bonchev–Trinajstić information content (AvgIpc) is 2.67. The average molecular weight is 226 g/mol. The number of ether oxygens (including phenoxy) is 1. The highest BCUT2D eigenvalue weighted by Crippen LogP contribution is 2.35. The number of hydrogen-bond donors (Lipinski definition) is 1. The molecule has 2 saturated heterocycles. The van der Waals surface area contributed by atoms with Crippen molar-refractivity contribution in [2.45, 2.75) is 50.6 Å². The van der Waals surface area contributed by atoms with Gasteiger partial charge in [0.05, 0.1) is 0 Å². The largest absolute Gasteiger partial charge is 0.385 e. The summed E-state index contributed by atoms with van der Waals surface area (Å²) in [6.45, 7) is 6.90. The summed E-state index contributed by atoms with van der Waals surface area (Å²) in [7, 11) is 1.80. The Hall–Kier alpha value is -0.120. The van der Waals surface area contributed by atoms with E-state index in [9.17, 15) is 0 Å². The lowest BCUT2D eigenvalue weighted by Crippen LogP contribution is -2.56. The molecule has 3 heteroatoms. The van der Waals surface area contributed by atoms with E-state index in [1.807, 2.05) is 0 Å². The Morgan fingerprint density at radius 1 is 1.44 bits per heavy atom. The topological polar surface area (TPSA) is 24.5 Å². The standard InChI is InChI=1S/C13H26N2O/c1-12-5-7-13(11-14-12)6-3-8-15(13)9-4-10-16-2/h12,14H,3-11H2,1-2H3. The number of nitrogens with zero attached hydrogens (tertiary/aromatic N) is 1. The Morgan fingerprint density at radius 3 is 3.00 bits per heavy atom. The van der Waals surface area contributed by atoms with Crippen molar-refractivity contribution in [1.29, 1.82) is 0 Å². The maximum Gasteiger partial charge on any atom is 0.0474 e. The molecule has 0 aromatic heterocycles.